The van der Waals surface area contributed by atoms with Crippen LogP contribution in [0.1, 0.15) is 12.5 Å². The molecule has 4 rings (SSSR count). The molecule has 0 fully saturated rings. The van der Waals surface area contributed by atoms with E-state index in [4.69, 9.17) is 16.3 Å². The van der Waals surface area contributed by atoms with Gasteiger partial charge in [-0.2, -0.15) is 0 Å². The Morgan fingerprint density at radius 3 is 2.28 bits per heavy atom. The number of hydrogen-bond acceptors (Lipinski definition) is 4. The average molecular weight is 451 g/mol. The van der Waals surface area contributed by atoms with E-state index < -0.39 is 17.6 Å². The first-order chi connectivity index (χ1) is 15.4. The fourth-order valence-corrected chi connectivity index (χ4v) is 3.79. The third-order valence-corrected chi connectivity index (χ3v) is 5.44. The highest BCUT2D eigenvalue weighted by Crippen LogP contribution is 2.37. The smallest absolute Gasteiger partial charge is 0.282 e. The summed E-state index contributed by atoms with van der Waals surface area (Å²) in [4.78, 5) is 29.7. The summed E-state index contributed by atoms with van der Waals surface area (Å²) in [6, 6.07) is 20.0. The van der Waals surface area contributed by atoms with Crippen molar-refractivity contribution in [1.29, 1.82) is 0 Å². The van der Waals surface area contributed by atoms with E-state index in [1.54, 1.807) is 36.2 Å². The summed E-state index contributed by atoms with van der Waals surface area (Å²) in [5, 5.41) is -0.171. The molecule has 162 valence electrons. The topological polar surface area (TPSA) is 49.9 Å². The summed E-state index contributed by atoms with van der Waals surface area (Å²) in [5.41, 5.74) is 1.97. The summed E-state index contributed by atoms with van der Waals surface area (Å²) >= 11 is 5.92. The van der Waals surface area contributed by atoms with E-state index in [0.29, 0.717) is 17.9 Å². The lowest BCUT2D eigenvalue weighted by Gasteiger charge is -2.21. The monoisotopic (exact) mass is 450 g/mol. The van der Waals surface area contributed by atoms with E-state index in [9.17, 15) is 14.0 Å². The number of nitrogens with zero attached hydrogens (tertiary/aromatic N) is 2. The van der Waals surface area contributed by atoms with E-state index in [2.05, 4.69) is 0 Å². The predicted octanol–water partition coefficient (Wildman–Crippen LogP) is 5.30. The zero-order chi connectivity index (χ0) is 22.8. The molecule has 0 atom stereocenters. The van der Waals surface area contributed by atoms with Gasteiger partial charge < -0.3 is 9.64 Å². The van der Waals surface area contributed by atoms with Crippen LogP contribution < -0.4 is 14.5 Å². The molecule has 1 aliphatic heterocycles. The minimum Gasteiger partial charge on any atom is -0.494 e. The summed E-state index contributed by atoms with van der Waals surface area (Å²) in [5.74, 6) is -1.00. The van der Waals surface area contributed by atoms with E-state index in [1.165, 1.54) is 12.1 Å². The van der Waals surface area contributed by atoms with Crippen LogP contribution in [-0.2, 0) is 9.59 Å². The van der Waals surface area contributed by atoms with Crippen LogP contribution in [0, 0.1) is 5.82 Å². The van der Waals surface area contributed by atoms with Gasteiger partial charge in [0.1, 0.15) is 17.3 Å². The Labute approximate surface area is 190 Å². The van der Waals surface area contributed by atoms with Crippen LogP contribution in [0.4, 0.5) is 15.8 Å². The summed E-state index contributed by atoms with van der Waals surface area (Å²) < 4.78 is 19.2. The highest BCUT2D eigenvalue weighted by molar-refractivity contribution is 6.46. The van der Waals surface area contributed by atoms with Crippen molar-refractivity contribution in [1.82, 2.24) is 0 Å². The first kappa shape index (κ1) is 21.6. The molecule has 1 heterocycles. The van der Waals surface area contributed by atoms with Crippen molar-refractivity contribution in [3.8, 4) is 5.75 Å². The SMILES string of the molecule is CCOc1ccc(C2=C(N(C)c3ccccc3)C(=O)N(c3ccc(F)c(Cl)c3)C2=O)cc1. The third kappa shape index (κ3) is 3.85. The predicted molar refractivity (Wildman–Crippen MR) is 123 cm³/mol. The summed E-state index contributed by atoms with van der Waals surface area (Å²) in [6.45, 7) is 2.40. The lowest BCUT2D eigenvalue weighted by molar-refractivity contribution is -0.120. The second-order valence-corrected chi connectivity index (χ2v) is 7.53. The van der Waals surface area contributed by atoms with E-state index in [-0.39, 0.29) is 22.0 Å². The van der Waals surface area contributed by atoms with Crippen LogP contribution in [0.5, 0.6) is 5.75 Å². The van der Waals surface area contributed by atoms with E-state index in [0.717, 1.165) is 16.7 Å². The Kier molecular flexibility index (Phi) is 5.97. The van der Waals surface area contributed by atoms with Gasteiger partial charge in [-0.25, -0.2) is 9.29 Å². The molecule has 5 nitrogen and oxygen atoms in total. The number of benzene rings is 3. The molecule has 7 heteroatoms. The Balaban J connectivity index is 1.84. The van der Waals surface area contributed by atoms with Crippen LogP contribution >= 0.6 is 11.6 Å². The molecule has 2 amide bonds. The maximum atomic E-state index is 13.7. The lowest BCUT2D eigenvalue weighted by Crippen LogP contribution is -2.34. The first-order valence-electron chi connectivity index (χ1n) is 10.0. The van der Waals surface area contributed by atoms with Crippen molar-refractivity contribution in [2.45, 2.75) is 6.92 Å². The van der Waals surface area contributed by atoms with Gasteiger partial charge in [0.2, 0.25) is 0 Å². The van der Waals surface area contributed by atoms with Crippen molar-refractivity contribution in [2.75, 3.05) is 23.5 Å². The highest BCUT2D eigenvalue weighted by Gasteiger charge is 2.42. The van der Waals surface area contributed by atoms with Crippen molar-refractivity contribution in [3.63, 3.8) is 0 Å². The number of rotatable bonds is 6. The average Bonchev–Trinajstić information content (AvgIpc) is 3.06. The van der Waals surface area contributed by atoms with E-state index in [1.807, 2.05) is 37.3 Å². The van der Waals surface area contributed by atoms with Gasteiger partial charge in [0.25, 0.3) is 11.8 Å². The molecule has 0 aromatic heterocycles. The molecule has 0 aliphatic carbocycles. The zero-order valence-electron chi connectivity index (χ0n) is 17.5. The summed E-state index contributed by atoms with van der Waals surface area (Å²) in [7, 11) is 1.73. The number of anilines is 2. The highest BCUT2D eigenvalue weighted by atomic mass is 35.5. The minimum atomic E-state index is -0.629. The van der Waals surface area contributed by atoms with Gasteiger partial charge in [-0.3, -0.25) is 9.59 Å². The van der Waals surface area contributed by atoms with Gasteiger partial charge in [-0.05, 0) is 55.0 Å². The van der Waals surface area contributed by atoms with Gasteiger partial charge in [0.15, 0.2) is 0 Å². The minimum absolute atomic E-state index is 0.171. The molecule has 3 aromatic carbocycles. The quantitative estimate of drug-likeness (QED) is 0.478. The number of ether oxygens (including phenoxy) is 1. The molecule has 0 unspecified atom stereocenters. The number of imide groups is 1. The molecule has 0 radical (unpaired) electrons. The van der Waals surface area contributed by atoms with Gasteiger partial charge in [-0.1, -0.05) is 41.9 Å². The number of hydrogen-bond donors (Lipinski definition) is 0. The van der Waals surface area contributed by atoms with Gasteiger partial charge in [0.05, 0.1) is 22.9 Å². The molecule has 0 N–H and O–H groups in total. The van der Waals surface area contributed by atoms with Gasteiger partial charge in [-0.15, -0.1) is 0 Å². The number of amides is 2. The molecule has 0 saturated carbocycles. The van der Waals surface area contributed by atoms with Crippen molar-refractivity contribution >= 4 is 40.4 Å². The molecular formula is C25H20ClFN2O3. The number of carbonyl (C=O) groups excluding carboxylic acids is 2. The normalized spacial score (nSPS) is 13.7. The first-order valence-corrected chi connectivity index (χ1v) is 10.4. The van der Waals surface area contributed by atoms with Gasteiger partial charge >= 0.3 is 0 Å². The number of likely N-dealkylation sites (N-methyl/N-ethyl adjacent to an activating group) is 1. The fraction of sp³-hybridized carbons (Fsp3) is 0.120. The third-order valence-electron chi connectivity index (χ3n) is 5.15. The Hall–Kier alpha value is -3.64. The maximum absolute atomic E-state index is 13.7. The van der Waals surface area contributed by atoms with Crippen LogP contribution in [0.3, 0.4) is 0 Å². The number of para-hydroxylation sites is 1. The number of carbonyl (C=O) groups is 2. The second kappa shape index (κ2) is 8.85. The molecular weight excluding hydrogens is 431 g/mol. The number of halogens is 2. The molecule has 32 heavy (non-hydrogen) atoms. The van der Waals surface area contributed by atoms with Crippen molar-refractivity contribution < 1.29 is 18.7 Å². The molecule has 0 saturated heterocycles. The molecule has 1 aliphatic rings. The molecule has 3 aromatic rings. The van der Waals surface area contributed by atoms with Crippen LogP contribution in [0.15, 0.2) is 78.5 Å². The lowest BCUT2D eigenvalue weighted by atomic mass is 10.0. The maximum Gasteiger partial charge on any atom is 0.282 e. The fourth-order valence-electron chi connectivity index (χ4n) is 3.61. The summed E-state index contributed by atoms with van der Waals surface area (Å²) in [6.07, 6.45) is 0. The Morgan fingerprint density at radius 1 is 0.969 bits per heavy atom. The Morgan fingerprint density at radius 2 is 1.66 bits per heavy atom. The molecule has 0 spiro atoms. The van der Waals surface area contributed by atoms with Crippen LogP contribution in [0.25, 0.3) is 5.57 Å². The van der Waals surface area contributed by atoms with Crippen LogP contribution in [0.2, 0.25) is 5.02 Å². The molecule has 0 bridgehead atoms. The largest absolute Gasteiger partial charge is 0.494 e. The van der Waals surface area contributed by atoms with Crippen molar-refractivity contribution in [2.24, 2.45) is 0 Å². The van der Waals surface area contributed by atoms with Gasteiger partial charge in [0, 0.05) is 12.7 Å². The second-order valence-electron chi connectivity index (χ2n) is 7.12. The van der Waals surface area contributed by atoms with Crippen LogP contribution in [-0.4, -0.2) is 25.5 Å². The van der Waals surface area contributed by atoms with E-state index >= 15 is 0 Å². The zero-order valence-corrected chi connectivity index (χ0v) is 18.3. The van der Waals surface area contributed by atoms with Crippen molar-refractivity contribution in [3.05, 3.63) is 94.9 Å². The Bertz CT molecular complexity index is 1210. The standard InChI is InChI=1S/C25H20ClFN2O3/c1-3-32-19-12-9-16(10-13-19)22-23(28(2)17-7-5-4-6-8-17)25(31)29(24(22)30)18-11-14-21(27)20(26)15-18/h4-15H,3H2,1-2H3.